The van der Waals surface area contributed by atoms with Crippen LogP contribution in [0.3, 0.4) is 0 Å². The van der Waals surface area contributed by atoms with Crippen LogP contribution in [0.5, 0.6) is 10.9 Å². The molecule has 3 aromatic rings. The highest BCUT2D eigenvalue weighted by Crippen LogP contribution is 2.58. The van der Waals surface area contributed by atoms with Crippen LogP contribution in [0.2, 0.25) is 0 Å². The Kier molecular flexibility index (Phi) is 7.86. The number of aliphatic hydroxyl groups is 1. The van der Waals surface area contributed by atoms with Gasteiger partial charge < -0.3 is 19.5 Å². The maximum atomic E-state index is 14.2. The quantitative estimate of drug-likeness (QED) is 0.305. The van der Waals surface area contributed by atoms with Crippen LogP contribution in [0.15, 0.2) is 48.7 Å². The molecule has 4 aliphatic rings. The third kappa shape index (κ3) is 5.51. The maximum absolute atomic E-state index is 14.2. The van der Waals surface area contributed by atoms with Crippen molar-refractivity contribution in [1.29, 1.82) is 0 Å². The van der Waals surface area contributed by atoms with Gasteiger partial charge in [-0.15, -0.1) is 0 Å². The number of aryl methyl sites for hydroxylation is 1. The summed E-state index contributed by atoms with van der Waals surface area (Å²) in [4.78, 5) is 21.7. The van der Waals surface area contributed by atoms with Crippen molar-refractivity contribution in [2.24, 2.45) is 11.3 Å². The van der Waals surface area contributed by atoms with Crippen molar-refractivity contribution >= 4 is 22.9 Å². The Morgan fingerprint density at radius 3 is 2.37 bits per heavy atom. The van der Waals surface area contributed by atoms with Gasteiger partial charge in [0.15, 0.2) is 0 Å². The van der Waals surface area contributed by atoms with Gasteiger partial charge in [0, 0.05) is 24.3 Å². The molecule has 1 N–H and O–H groups in total. The summed E-state index contributed by atoms with van der Waals surface area (Å²) < 4.78 is 10.9. The minimum atomic E-state index is -0.276. The molecule has 0 spiro atoms. The van der Waals surface area contributed by atoms with Crippen molar-refractivity contribution in [1.82, 2.24) is 4.98 Å². The molecular formula is C34H42N2O4S. The third-order valence-corrected chi connectivity index (χ3v) is 11.3. The molecule has 4 saturated carbocycles. The number of nitrogens with zero attached hydrogens (tertiary/aromatic N) is 2. The van der Waals surface area contributed by atoms with E-state index >= 15 is 0 Å². The zero-order valence-electron chi connectivity index (χ0n) is 24.5. The van der Waals surface area contributed by atoms with Gasteiger partial charge in [0.1, 0.15) is 5.75 Å². The van der Waals surface area contributed by atoms with E-state index in [0.717, 1.165) is 79.8 Å². The summed E-state index contributed by atoms with van der Waals surface area (Å²) in [6, 6.07) is 15.1. The fraction of sp³-hybridized carbons (Fsp3) is 0.529. The fourth-order valence-electron chi connectivity index (χ4n) is 7.63. The molecule has 41 heavy (non-hydrogen) atoms. The van der Waals surface area contributed by atoms with E-state index in [0.29, 0.717) is 18.0 Å². The van der Waals surface area contributed by atoms with E-state index < -0.39 is 0 Å². The van der Waals surface area contributed by atoms with E-state index in [1.54, 1.807) is 14.2 Å². The number of methoxy groups -OCH3 is 2. The number of fused-ring (bicyclic) bond motifs is 3. The smallest absolute Gasteiger partial charge is 0.273 e. The van der Waals surface area contributed by atoms with E-state index in [1.807, 2.05) is 6.20 Å². The van der Waals surface area contributed by atoms with Gasteiger partial charge in [-0.2, -0.15) is 0 Å². The van der Waals surface area contributed by atoms with Crippen molar-refractivity contribution < 1.29 is 19.4 Å². The van der Waals surface area contributed by atoms with Crippen LogP contribution in [0.25, 0.3) is 10.4 Å². The number of hydrogen-bond donors (Lipinski definition) is 1. The molecule has 0 atom stereocenters. The minimum Gasteiger partial charge on any atom is -0.496 e. The maximum Gasteiger partial charge on any atom is 0.273 e. The molecule has 4 aliphatic carbocycles. The van der Waals surface area contributed by atoms with Gasteiger partial charge in [-0.05, 0) is 117 Å². The molecule has 0 unspecified atom stereocenters. The minimum absolute atomic E-state index is 0.0319. The molecule has 218 valence electrons. The van der Waals surface area contributed by atoms with Gasteiger partial charge in [0.2, 0.25) is 5.91 Å². The Labute approximate surface area is 247 Å². The summed E-state index contributed by atoms with van der Waals surface area (Å²) in [5.41, 5.74) is 5.04. The third-order valence-electron chi connectivity index (χ3n) is 10.3. The van der Waals surface area contributed by atoms with Crippen LogP contribution in [-0.2, 0) is 10.2 Å². The van der Waals surface area contributed by atoms with Crippen LogP contribution >= 0.6 is 11.3 Å². The van der Waals surface area contributed by atoms with E-state index in [2.05, 4.69) is 59.3 Å². The number of benzene rings is 2. The summed E-state index contributed by atoms with van der Waals surface area (Å²) in [5.74, 6) is 1.14. The second kappa shape index (κ2) is 11.4. The predicted molar refractivity (Wildman–Crippen MR) is 164 cm³/mol. The van der Waals surface area contributed by atoms with Gasteiger partial charge in [0.05, 0.1) is 25.2 Å². The zero-order valence-corrected chi connectivity index (χ0v) is 25.3. The first kappa shape index (κ1) is 28.2. The predicted octanol–water partition coefficient (Wildman–Crippen LogP) is 7.31. The lowest BCUT2D eigenvalue weighted by Crippen LogP contribution is -2.51. The number of hydrogen-bond acceptors (Lipinski definition) is 6. The molecule has 0 aliphatic heterocycles. The van der Waals surface area contributed by atoms with E-state index in [-0.39, 0.29) is 28.8 Å². The number of aliphatic hydroxyl groups excluding tert-OH is 1. The topological polar surface area (TPSA) is 71.9 Å². The highest BCUT2D eigenvalue weighted by atomic mass is 32.1. The molecule has 7 rings (SSSR count). The molecule has 1 heterocycles. The van der Waals surface area contributed by atoms with Crippen molar-refractivity contribution in [2.45, 2.75) is 82.7 Å². The van der Waals surface area contributed by atoms with Gasteiger partial charge in [-0.3, -0.25) is 4.79 Å². The monoisotopic (exact) mass is 574 g/mol. The van der Waals surface area contributed by atoms with Crippen LogP contribution < -0.4 is 14.4 Å². The average molecular weight is 575 g/mol. The Morgan fingerprint density at radius 2 is 1.73 bits per heavy atom. The largest absolute Gasteiger partial charge is 0.496 e. The lowest BCUT2D eigenvalue weighted by atomic mass is 9.51. The van der Waals surface area contributed by atoms with Gasteiger partial charge in [-0.25, -0.2) is 4.98 Å². The van der Waals surface area contributed by atoms with Crippen molar-refractivity contribution in [3.8, 4) is 21.4 Å². The van der Waals surface area contributed by atoms with Crippen LogP contribution in [-0.4, -0.2) is 42.9 Å². The normalized spacial score (nSPS) is 27.4. The van der Waals surface area contributed by atoms with Crippen LogP contribution in [0.1, 0.15) is 75.3 Å². The Hall–Kier alpha value is -2.90. The van der Waals surface area contributed by atoms with E-state index in [9.17, 15) is 9.90 Å². The second-order valence-corrected chi connectivity index (χ2v) is 13.6. The number of rotatable bonds is 8. The number of carbonyl (C=O) groups excluding carboxylic acids is 1. The molecule has 1 aromatic heterocycles. The van der Waals surface area contributed by atoms with Gasteiger partial charge >= 0.3 is 0 Å². The number of thiazole rings is 1. The molecule has 1 amide bonds. The van der Waals surface area contributed by atoms with Crippen molar-refractivity contribution in [3.63, 3.8) is 0 Å². The molecule has 2 bridgehead atoms. The number of carbonyl (C=O) groups is 1. The molecule has 4 fully saturated rings. The highest BCUT2D eigenvalue weighted by molar-refractivity contribution is 7.16. The number of amides is 1. The lowest BCUT2D eigenvalue weighted by molar-refractivity contribution is -0.124. The van der Waals surface area contributed by atoms with Crippen LogP contribution in [0, 0.1) is 18.3 Å². The number of ether oxygens (including phenoxy) is 2. The first-order valence-electron chi connectivity index (χ1n) is 15.1. The summed E-state index contributed by atoms with van der Waals surface area (Å²) in [6.07, 6.45) is 11.4. The SMILES string of the molecule is COc1ncc(-c2cccc(N(CC34CCC(c5ccc(OC)c(C)c5)(CC3)CC4)C(=O)[C@H]3CC[C@H](O)CC3)c2)s1. The van der Waals surface area contributed by atoms with Crippen molar-refractivity contribution in [2.75, 3.05) is 25.7 Å². The summed E-state index contributed by atoms with van der Waals surface area (Å²) in [6.45, 7) is 2.90. The zero-order chi connectivity index (χ0) is 28.6. The fourth-order valence-corrected chi connectivity index (χ4v) is 8.36. The van der Waals surface area contributed by atoms with E-state index in [4.69, 9.17) is 9.47 Å². The molecule has 0 radical (unpaired) electrons. The van der Waals surface area contributed by atoms with Crippen molar-refractivity contribution in [3.05, 3.63) is 59.8 Å². The van der Waals surface area contributed by atoms with Gasteiger partial charge in [0.25, 0.3) is 5.19 Å². The summed E-state index contributed by atoms with van der Waals surface area (Å²) in [5, 5.41) is 10.7. The molecule has 0 saturated heterocycles. The molecular weight excluding hydrogens is 532 g/mol. The number of aromatic nitrogens is 1. The summed E-state index contributed by atoms with van der Waals surface area (Å²) >= 11 is 1.52. The summed E-state index contributed by atoms with van der Waals surface area (Å²) in [7, 11) is 3.38. The first-order valence-corrected chi connectivity index (χ1v) is 15.9. The standard InChI is InChI=1S/C34H42N2O4S/c1-23-19-26(9-12-29(23)39-2)34-16-13-33(14-17-34,15-18-34)22-36(31(38)24-7-10-28(37)11-8-24)27-6-4-5-25(20-27)30-21-35-32(40-3)41-30/h4-6,9,12,19-21,24,28,37H,7-8,10-11,13-18,22H2,1-3H3/t24-,28-,33?,34?. The Balaban J connectivity index is 1.26. The Morgan fingerprint density at radius 1 is 1.00 bits per heavy atom. The Bertz CT molecular complexity index is 1370. The first-order chi connectivity index (χ1) is 19.8. The second-order valence-electron chi connectivity index (χ2n) is 12.6. The van der Waals surface area contributed by atoms with Gasteiger partial charge in [-0.1, -0.05) is 35.6 Å². The highest BCUT2D eigenvalue weighted by Gasteiger charge is 2.50. The number of anilines is 1. The van der Waals surface area contributed by atoms with Crippen LogP contribution in [0.4, 0.5) is 5.69 Å². The lowest BCUT2D eigenvalue weighted by Gasteiger charge is -2.55. The molecule has 6 nitrogen and oxygen atoms in total. The van der Waals surface area contributed by atoms with E-state index in [1.165, 1.54) is 22.5 Å². The average Bonchev–Trinajstić information content (AvgIpc) is 3.51. The molecule has 7 heteroatoms. The molecule has 2 aromatic carbocycles.